The standard InChI is InChI=1S/C19H22ClN3O3/c1-18(12-2-6-22(7-3-12)17(25)19(26)4-5-19)16(24)14-9-13(20)8-11-10-21-23(18)15(11)14/h8-10,12,16,24,26H,2-7H2,1H3/t16-,18?/m1/s1. The molecule has 1 aliphatic carbocycles. The molecular formula is C19H22ClN3O3. The Hall–Kier alpha value is -1.63. The average molecular weight is 376 g/mol. The van der Waals surface area contributed by atoms with Gasteiger partial charge in [-0.15, -0.1) is 0 Å². The van der Waals surface area contributed by atoms with Crippen LogP contribution >= 0.6 is 11.6 Å². The number of carbonyl (C=O) groups is 1. The van der Waals surface area contributed by atoms with Gasteiger partial charge in [0.1, 0.15) is 11.7 Å². The van der Waals surface area contributed by atoms with Gasteiger partial charge in [0.05, 0.1) is 17.3 Å². The number of carbonyl (C=O) groups excluding carboxylic acids is 1. The second-order valence-corrected chi connectivity index (χ2v) is 8.65. The SMILES string of the molecule is CC1(C2CCN(C(=O)C3(O)CC3)CC2)[C@H](O)c2cc(Cl)cc3cnn1c23. The van der Waals surface area contributed by atoms with Gasteiger partial charge in [0.25, 0.3) is 5.91 Å². The van der Waals surface area contributed by atoms with E-state index in [0.29, 0.717) is 31.0 Å². The Balaban J connectivity index is 1.43. The molecule has 1 saturated heterocycles. The number of nitrogens with zero attached hydrogens (tertiary/aromatic N) is 3. The van der Waals surface area contributed by atoms with Gasteiger partial charge in [-0.3, -0.25) is 9.48 Å². The van der Waals surface area contributed by atoms with Gasteiger partial charge in [0.15, 0.2) is 0 Å². The van der Waals surface area contributed by atoms with Gasteiger partial charge >= 0.3 is 0 Å². The fraction of sp³-hybridized carbons (Fsp3) is 0.579. The van der Waals surface area contributed by atoms with Crippen molar-refractivity contribution in [3.63, 3.8) is 0 Å². The van der Waals surface area contributed by atoms with E-state index in [1.807, 2.05) is 16.8 Å². The number of rotatable bonds is 2. The van der Waals surface area contributed by atoms with Crippen molar-refractivity contribution in [3.05, 3.63) is 28.9 Å². The number of benzene rings is 1. The van der Waals surface area contributed by atoms with E-state index in [2.05, 4.69) is 12.0 Å². The normalized spacial score (nSPS) is 30.2. The first kappa shape index (κ1) is 16.5. The van der Waals surface area contributed by atoms with E-state index in [1.54, 1.807) is 11.1 Å². The fourth-order valence-corrected chi connectivity index (χ4v) is 5.09. The van der Waals surface area contributed by atoms with Crippen molar-refractivity contribution in [2.45, 2.75) is 49.9 Å². The van der Waals surface area contributed by atoms with Crippen molar-refractivity contribution in [2.75, 3.05) is 13.1 Å². The molecule has 2 aromatic rings. The molecular weight excluding hydrogens is 354 g/mol. The minimum atomic E-state index is -1.11. The predicted octanol–water partition coefficient (Wildman–Crippen LogP) is 2.22. The number of hydrogen-bond donors (Lipinski definition) is 2. The Kier molecular flexibility index (Phi) is 3.31. The summed E-state index contributed by atoms with van der Waals surface area (Å²) in [5.41, 5.74) is 0.124. The van der Waals surface area contributed by atoms with Crippen LogP contribution in [0.5, 0.6) is 0 Å². The highest BCUT2D eigenvalue weighted by atomic mass is 35.5. The summed E-state index contributed by atoms with van der Waals surface area (Å²) in [7, 11) is 0. The molecule has 2 aliphatic heterocycles. The van der Waals surface area contributed by atoms with Crippen molar-refractivity contribution in [1.82, 2.24) is 14.7 Å². The lowest BCUT2D eigenvalue weighted by Crippen LogP contribution is -2.50. The Morgan fingerprint density at radius 1 is 1.31 bits per heavy atom. The zero-order valence-electron chi connectivity index (χ0n) is 14.7. The summed E-state index contributed by atoms with van der Waals surface area (Å²) < 4.78 is 1.95. The van der Waals surface area contributed by atoms with Crippen LogP contribution in [0.4, 0.5) is 0 Å². The highest BCUT2D eigenvalue weighted by molar-refractivity contribution is 6.31. The number of aliphatic hydroxyl groups excluding tert-OH is 1. The Morgan fingerprint density at radius 3 is 2.65 bits per heavy atom. The third-order valence-corrected chi connectivity index (χ3v) is 6.91. The van der Waals surface area contributed by atoms with Crippen LogP contribution in [0.15, 0.2) is 18.3 Å². The lowest BCUT2D eigenvalue weighted by molar-refractivity contribution is -0.145. The quantitative estimate of drug-likeness (QED) is 0.843. The molecule has 0 spiro atoms. The molecule has 26 heavy (non-hydrogen) atoms. The van der Waals surface area contributed by atoms with E-state index in [-0.39, 0.29) is 11.8 Å². The summed E-state index contributed by atoms with van der Waals surface area (Å²) >= 11 is 6.21. The maximum Gasteiger partial charge on any atom is 0.254 e. The van der Waals surface area contributed by atoms with Crippen molar-refractivity contribution in [3.8, 4) is 0 Å². The minimum absolute atomic E-state index is 0.135. The van der Waals surface area contributed by atoms with Gasteiger partial charge in [-0.1, -0.05) is 11.6 Å². The Labute approximate surface area is 156 Å². The lowest BCUT2D eigenvalue weighted by Gasteiger charge is -2.43. The van der Waals surface area contributed by atoms with E-state index in [4.69, 9.17) is 11.6 Å². The Bertz CT molecular complexity index is 914. The number of piperidine rings is 1. The predicted molar refractivity (Wildman–Crippen MR) is 96.8 cm³/mol. The van der Waals surface area contributed by atoms with E-state index >= 15 is 0 Å². The molecule has 7 heteroatoms. The maximum atomic E-state index is 12.4. The van der Waals surface area contributed by atoms with Crippen molar-refractivity contribution < 1.29 is 15.0 Å². The molecule has 3 heterocycles. The molecule has 6 nitrogen and oxygen atoms in total. The van der Waals surface area contributed by atoms with Gasteiger partial charge in [0.2, 0.25) is 0 Å². The van der Waals surface area contributed by atoms with Gasteiger partial charge in [-0.25, -0.2) is 0 Å². The number of amides is 1. The van der Waals surface area contributed by atoms with Crippen LogP contribution in [0.25, 0.3) is 10.9 Å². The van der Waals surface area contributed by atoms with E-state index in [9.17, 15) is 15.0 Å². The number of halogens is 1. The van der Waals surface area contributed by atoms with Gasteiger partial charge in [-0.2, -0.15) is 5.10 Å². The monoisotopic (exact) mass is 375 g/mol. The van der Waals surface area contributed by atoms with E-state index < -0.39 is 17.2 Å². The number of likely N-dealkylation sites (tertiary alicyclic amines) is 1. The molecule has 5 rings (SSSR count). The summed E-state index contributed by atoms with van der Waals surface area (Å²) in [6, 6.07) is 3.71. The molecule has 1 aromatic carbocycles. The van der Waals surface area contributed by atoms with Gasteiger partial charge in [-0.05, 0) is 50.7 Å². The largest absolute Gasteiger partial charge is 0.386 e. The molecule has 3 aliphatic rings. The molecule has 1 aromatic heterocycles. The molecule has 2 atom stereocenters. The molecule has 1 unspecified atom stereocenters. The number of aromatic nitrogens is 2. The van der Waals surface area contributed by atoms with Crippen LogP contribution in [0, 0.1) is 5.92 Å². The maximum absolute atomic E-state index is 12.4. The minimum Gasteiger partial charge on any atom is -0.386 e. The summed E-state index contributed by atoms with van der Waals surface area (Å²) in [6.45, 7) is 3.26. The highest BCUT2D eigenvalue weighted by Crippen LogP contribution is 2.51. The molecule has 138 valence electrons. The molecule has 1 saturated carbocycles. The summed E-state index contributed by atoms with van der Waals surface area (Å²) in [4.78, 5) is 14.2. The van der Waals surface area contributed by atoms with E-state index in [1.165, 1.54) is 0 Å². The second kappa shape index (κ2) is 5.21. The van der Waals surface area contributed by atoms with Crippen LogP contribution in [0.2, 0.25) is 5.02 Å². The zero-order chi connectivity index (χ0) is 18.3. The Morgan fingerprint density at radius 2 is 2.00 bits per heavy atom. The van der Waals surface area contributed by atoms with Crippen LogP contribution in [-0.4, -0.2) is 49.5 Å². The summed E-state index contributed by atoms with van der Waals surface area (Å²) in [5.74, 6) is 0.0503. The molecule has 0 bridgehead atoms. The summed E-state index contributed by atoms with van der Waals surface area (Å²) in [6.07, 6.45) is 3.83. The van der Waals surface area contributed by atoms with Crippen LogP contribution in [0.1, 0.15) is 44.3 Å². The average Bonchev–Trinajstić information content (AvgIpc) is 3.18. The summed E-state index contributed by atoms with van der Waals surface area (Å²) in [5, 5.41) is 27.3. The highest BCUT2D eigenvalue weighted by Gasteiger charge is 2.53. The van der Waals surface area contributed by atoms with Crippen LogP contribution < -0.4 is 0 Å². The first-order chi connectivity index (χ1) is 12.3. The van der Waals surface area contributed by atoms with Crippen molar-refractivity contribution in [1.29, 1.82) is 0 Å². The first-order valence-electron chi connectivity index (χ1n) is 9.22. The van der Waals surface area contributed by atoms with Crippen molar-refractivity contribution >= 4 is 28.4 Å². The third-order valence-electron chi connectivity index (χ3n) is 6.69. The van der Waals surface area contributed by atoms with Crippen LogP contribution in [-0.2, 0) is 10.3 Å². The molecule has 2 fully saturated rings. The molecule has 1 amide bonds. The second-order valence-electron chi connectivity index (χ2n) is 8.22. The molecule has 2 N–H and O–H groups in total. The third kappa shape index (κ3) is 2.06. The number of hydrogen-bond acceptors (Lipinski definition) is 4. The van der Waals surface area contributed by atoms with Gasteiger partial charge in [0, 0.05) is 29.1 Å². The van der Waals surface area contributed by atoms with Crippen LogP contribution in [0.3, 0.4) is 0 Å². The topological polar surface area (TPSA) is 78.6 Å². The number of aliphatic hydroxyl groups is 2. The van der Waals surface area contributed by atoms with Crippen molar-refractivity contribution in [2.24, 2.45) is 5.92 Å². The first-order valence-corrected chi connectivity index (χ1v) is 9.60. The fourth-order valence-electron chi connectivity index (χ4n) is 4.86. The lowest BCUT2D eigenvalue weighted by atomic mass is 9.75. The van der Waals surface area contributed by atoms with Gasteiger partial charge < -0.3 is 15.1 Å². The zero-order valence-corrected chi connectivity index (χ0v) is 15.4. The molecule has 0 radical (unpaired) electrons. The van der Waals surface area contributed by atoms with E-state index in [0.717, 1.165) is 29.3 Å². The smallest absolute Gasteiger partial charge is 0.254 e.